The van der Waals surface area contributed by atoms with Gasteiger partial charge in [-0.05, 0) is 30.5 Å². The van der Waals surface area contributed by atoms with Crippen molar-refractivity contribution >= 4 is 26.0 Å². The van der Waals surface area contributed by atoms with Crippen LogP contribution >= 0.6 is 15.9 Å². The molecule has 0 aliphatic heterocycles. The van der Waals surface area contributed by atoms with Gasteiger partial charge in [0.1, 0.15) is 0 Å². The molecule has 6 heteroatoms. The Kier molecular flexibility index (Phi) is 4.78. The van der Waals surface area contributed by atoms with E-state index in [1.54, 1.807) is 12.1 Å². The van der Waals surface area contributed by atoms with E-state index < -0.39 is 10.0 Å². The van der Waals surface area contributed by atoms with E-state index in [2.05, 4.69) is 32.5 Å². The summed E-state index contributed by atoms with van der Waals surface area (Å²) >= 11 is 3.12. The second-order valence-electron chi connectivity index (χ2n) is 4.64. The Balaban J connectivity index is 1.97. The first-order chi connectivity index (χ1) is 8.97. The van der Waals surface area contributed by atoms with E-state index in [9.17, 15) is 8.42 Å². The number of rotatable bonds is 7. The molecule has 1 aliphatic carbocycles. The van der Waals surface area contributed by atoms with Crippen molar-refractivity contribution in [1.82, 2.24) is 10.0 Å². The largest absolute Gasteiger partial charge is 0.310 e. The highest BCUT2D eigenvalue weighted by molar-refractivity contribution is 9.11. The van der Waals surface area contributed by atoms with Gasteiger partial charge in [-0.1, -0.05) is 34.6 Å². The van der Waals surface area contributed by atoms with Gasteiger partial charge in [0.05, 0.1) is 4.90 Å². The van der Waals surface area contributed by atoms with Gasteiger partial charge in [-0.2, -0.15) is 0 Å². The van der Waals surface area contributed by atoms with Crippen molar-refractivity contribution in [2.75, 3.05) is 6.54 Å². The summed E-state index contributed by atoms with van der Waals surface area (Å²) < 4.78 is 26.9. The third kappa shape index (κ3) is 4.72. The van der Waals surface area contributed by atoms with Crippen LogP contribution in [0.2, 0.25) is 0 Å². The molecule has 1 fully saturated rings. The van der Waals surface area contributed by atoms with Crippen molar-refractivity contribution in [1.29, 1.82) is 0 Å². The quantitative estimate of drug-likeness (QED) is 0.796. The van der Waals surface area contributed by atoms with Crippen LogP contribution < -0.4 is 10.0 Å². The predicted molar refractivity (Wildman–Crippen MR) is 79.6 cm³/mol. The fourth-order valence-corrected chi connectivity index (χ4v) is 2.94. The molecule has 1 saturated carbocycles. The normalized spacial score (nSPS) is 15.4. The number of hydrogen-bond acceptors (Lipinski definition) is 3. The lowest BCUT2D eigenvalue weighted by molar-refractivity contribution is 0.585. The van der Waals surface area contributed by atoms with Gasteiger partial charge in [-0.25, -0.2) is 13.1 Å². The average molecular weight is 345 g/mol. The maximum Gasteiger partial charge on any atom is 0.240 e. The highest BCUT2D eigenvalue weighted by Gasteiger charge is 2.20. The monoisotopic (exact) mass is 344 g/mol. The van der Waals surface area contributed by atoms with Crippen LogP contribution in [0.5, 0.6) is 0 Å². The van der Waals surface area contributed by atoms with Gasteiger partial charge in [0, 0.05) is 23.6 Å². The van der Waals surface area contributed by atoms with Gasteiger partial charge in [0.15, 0.2) is 0 Å². The number of nitrogens with one attached hydrogen (secondary N) is 2. The third-order valence-corrected chi connectivity index (χ3v) is 4.56. The zero-order valence-corrected chi connectivity index (χ0v) is 12.9. The van der Waals surface area contributed by atoms with Gasteiger partial charge in [-0.3, -0.25) is 0 Å². The minimum absolute atomic E-state index is 0.188. The maximum atomic E-state index is 11.9. The maximum absolute atomic E-state index is 11.9. The Morgan fingerprint density at radius 2 is 1.95 bits per heavy atom. The summed E-state index contributed by atoms with van der Waals surface area (Å²) in [7, 11) is -3.45. The molecule has 0 amide bonds. The van der Waals surface area contributed by atoms with Crippen molar-refractivity contribution in [2.45, 2.75) is 30.3 Å². The molecule has 104 valence electrons. The molecular weight excluding hydrogens is 328 g/mol. The second kappa shape index (κ2) is 6.17. The van der Waals surface area contributed by atoms with Crippen molar-refractivity contribution < 1.29 is 8.42 Å². The van der Waals surface area contributed by atoms with Crippen molar-refractivity contribution in [3.63, 3.8) is 0 Å². The molecule has 0 spiro atoms. The Hall–Kier alpha value is -0.690. The highest BCUT2D eigenvalue weighted by Crippen LogP contribution is 2.19. The van der Waals surface area contributed by atoms with E-state index in [4.69, 9.17) is 0 Å². The van der Waals surface area contributed by atoms with Crippen molar-refractivity contribution in [3.05, 3.63) is 40.9 Å². The molecule has 0 heterocycles. The van der Waals surface area contributed by atoms with Gasteiger partial charge >= 0.3 is 0 Å². The molecule has 4 nitrogen and oxygen atoms in total. The van der Waals surface area contributed by atoms with Crippen LogP contribution in [0.4, 0.5) is 0 Å². The molecule has 1 aliphatic rings. The van der Waals surface area contributed by atoms with E-state index in [0.717, 1.165) is 12.1 Å². The first-order valence-corrected chi connectivity index (χ1v) is 8.40. The first kappa shape index (κ1) is 14.7. The van der Waals surface area contributed by atoms with E-state index in [-0.39, 0.29) is 11.4 Å². The molecule has 1 aromatic carbocycles. The summed E-state index contributed by atoms with van der Waals surface area (Å²) in [4.78, 5) is 0.274. The molecule has 0 bridgehead atoms. The molecule has 2 rings (SSSR count). The molecule has 1 aromatic rings. The zero-order chi connectivity index (χ0) is 13.9. The molecule has 0 aromatic heterocycles. The Morgan fingerprint density at radius 3 is 2.47 bits per heavy atom. The smallest absolute Gasteiger partial charge is 0.240 e. The average Bonchev–Trinajstić information content (AvgIpc) is 3.19. The number of sulfonamides is 1. The van der Waals surface area contributed by atoms with Crippen LogP contribution in [0.25, 0.3) is 0 Å². The standard InChI is InChI=1S/C13H17BrN2O2S/c1-10(14)8-16-19(17,18)13-6-2-11(3-7-13)9-15-12-4-5-12/h2-3,6-7,12,15-16H,1,4-5,8-9H2. The van der Waals surface area contributed by atoms with E-state index in [1.165, 1.54) is 12.8 Å². The van der Waals surface area contributed by atoms with Gasteiger partial charge in [0.25, 0.3) is 0 Å². The molecule has 0 atom stereocenters. The van der Waals surface area contributed by atoms with Gasteiger partial charge in [0.2, 0.25) is 10.0 Å². The van der Waals surface area contributed by atoms with E-state index in [1.807, 2.05) is 12.1 Å². The highest BCUT2D eigenvalue weighted by atomic mass is 79.9. The van der Waals surface area contributed by atoms with Crippen molar-refractivity contribution in [2.24, 2.45) is 0 Å². The van der Waals surface area contributed by atoms with Crippen LogP contribution in [0, 0.1) is 0 Å². The van der Waals surface area contributed by atoms with Gasteiger partial charge < -0.3 is 5.32 Å². The number of benzene rings is 1. The fraction of sp³-hybridized carbons (Fsp3) is 0.385. The van der Waals surface area contributed by atoms with E-state index in [0.29, 0.717) is 10.5 Å². The van der Waals surface area contributed by atoms with Crippen LogP contribution in [0.1, 0.15) is 18.4 Å². The number of hydrogen-bond donors (Lipinski definition) is 2. The topological polar surface area (TPSA) is 58.2 Å². The molecule has 19 heavy (non-hydrogen) atoms. The summed E-state index contributed by atoms with van der Waals surface area (Å²) in [6.07, 6.45) is 2.49. The Bertz CT molecular complexity index is 551. The Morgan fingerprint density at radius 1 is 1.32 bits per heavy atom. The first-order valence-electron chi connectivity index (χ1n) is 6.12. The zero-order valence-electron chi connectivity index (χ0n) is 10.5. The van der Waals surface area contributed by atoms with Crippen molar-refractivity contribution in [3.8, 4) is 0 Å². The molecule has 0 saturated heterocycles. The Labute approximate surface area is 122 Å². The minimum atomic E-state index is -3.45. The summed E-state index contributed by atoms with van der Waals surface area (Å²) in [5, 5.41) is 3.39. The minimum Gasteiger partial charge on any atom is -0.310 e. The predicted octanol–water partition coefficient (Wildman–Crippen LogP) is 2.13. The van der Waals surface area contributed by atoms with Crippen LogP contribution in [-0.2, 0) is 16.6 Å². The SMILES string of the molecule is C=C(Br)CNS(=O)(=O)c1ccc(CNC2CC2)cc1. The molecule has 2 N–H and O–H groups in total. The summed E-state index contributed by atoms with van der Waals surface area (Å²) in [5.74, 6) is 0. The molecule has 0 radical (unpaired) electrons. The number of halogens is 1. The van der Waals surface area contributed by atoms with Gasteiger partial charge in [-0.15, -0.1) is 0 Å². The fourth-order valence-electron chi connectivity index (χ4n) is 1.59. The second-order valence-corrected chi connectivity index (χ2v) is 7.53. The molecule has 0 unspecified atom stereocenters. The summed E-state index contributed by atoms with van der Waals surface area (Å²) in [5.41, 5.74) is 1.09. The lowest BCUT2D eigenvalue weighted by atomic mass is 10.2. The van der Waals surface area contributed by atoms with Crippen LogP contribution in [-0.4, -0.2) is 21.0 Å². The van der Waals surface area contributed by atoms with E-state index >= 15 is 0 Å². The lowest BCUT2D eigenvalue weighted by Crippen LogP contribution is -2.24. The third-order valence-electron chi connectivity index (χ3n) is 2.86. The summed E-state index contributed by atoms with van der Waals surface area (Å²) in [6.45, 7) is 4.57. The molecular formula is C13H17BrN2O2S. The lowest BCUT2D eigenvalue weighted by Gasteiger charge is -2.07. The van der Waals surface area contributed by atoms with Crippen LogP contribution in [0.15, 0.2) is 40.2 Å². The van der Waals surface area contributed by atoms with Crippen LogP contribution in [0.3, 0.4) is 0 Å². The summed E-state index contributed by atoms with van der Waals surface area (Å²) in [6, 6.07) is 7.58.